The highest BCUT2D eigenvalue weighted by molar-refractivity contribution is 9.10. The van der Waals surface area contributed by atoms with Crippen LogP contribution in [0.15, 0.2) is 22.7 Å². The number of nitrogens with zero attached hydrogens (tertiary/aromatic N) is 1. The second-order valence-electron chi connectivity index (χ2n) is 4.17. The highest BCUT2D eigenvalue weighted by atomic mass is 79.9. The van der Waals surface area contributed by atoms with E-state index in [9.17, 15) is 9.90 Å². The molecule has 5 heteroatoms. The number of rotatable bonds is 1. The normalized spacial score (nSPS) is 20.4. The Morgan fingerprint density at radius 1 is 1.53 bits per heavy atom. The van der Waals surface area contributed by atoms with Gasteiger partial charge in [-0.25, -0.2) is 0 Å². The van der Waals surface area contributed by atoms with Crippen molar-refractivity contribution >= 4 is 33.4 Å². The molecule has 1 amide bonds. The van der Waals surface area contributed by atoms with Crippen LogP contribution in [0.3, 0.4) is 0 Å². The SMILES string of the molecule is O=C(c1ccc(Cl)cc1Br)N1CCC[C@H](O)C1. The van der Waals surface area contributed by atoms with Crippen molar-refractivity contribution in [3.05, 3.63) is 33.3 Å². The Bertz CT molecular complexity index is 439. The maximum atomic E-state index is 12.2. The summed E-state index contributed by atoms with van der Waals surface area (Å²) in [7, 11) is 0. The van der Waals surface area contributed by atoms with Crippen LogP contribution in [0.5, 0.6) is 0 Å². The molecule has 1 N–H and O–H groups in total. The van der Waals surface area contributed by atoms with E-state index in [2.05, 4.69) is 15.9 Å². The summed E-state index contributed by atoms with van der Waals surface area (Å²) in [5.74, 6) is -0.0627. The van der Waals surface area contributed by atoms with Gasteiger partial charge in [-0.2, -0.15) is 0 Å². The molecule has 1 atom stereocenters. The average molecular weight is 319 g/mol. The molecule has 92 valence electrons. The lowest BCUT2D eigenvalue weighted by Crippen LogP contribution is -2.42. The van der Waals surface area contributed by atoms with Crippen LogP contribution in [-0.2, 0) is 0 Å². The molecule has 0 bridgehead atoms. The number of aliphatic hydroxyl groups is 1. The van der Waals surface area contributed by atoms with E-state index < -0.39 is 6.10 Å². The van der Waals surface area contributed by atoms with Crippen molar-refractivity contribution in [2.24, 2.45) is 0 Å². The molecule has 0 unspecified atom stereocenters. The minimum absolute atomic E-state index is 0.0627. The standard InChI is InChI=1S/C12H13BrClNO2/c13-11-6-8(14)3-4-10(11)12(17)15-5-1-2-9(16)7-15/h3-4,6,9,16H,1-2,5,7H2/t9-/m0/s1. The molecule has 1 aliphatic heterocycles. The van der Waals surface area contributed by atoms with Gasteiger partial charge in [0.05, 0.1) is 11.7 Å². The number of hydrogen-bond donors (Lipinski definition) is 1. The van der Waals surface area contributed by atoms with Crippen LogP contribution in [0, 0.1) is 0 Å². The van der Waals surface area contributed by atoms with Gasteiger partial charge in [0.15, 0.2) is 0 Å². The number of carbonyl (C=O) groups excluding carboxylic acids is 1. The fourth-order valence-corrected chi connectivity index (χ4v) is 2.82. The lowest BCUT2D eigenvalue weighted by molar-refractivity contribution is 0.0473. The van der Waals surface area contributed by atoms with Crippen LogP contribution >= 0.6 is 27.5 Å². The van der Waals surface area contributed by atoms with Gasteiger partial charge in [0.1, 0.15) is 0 Å². The first-order chi connectivity index (χ1) is 8.08. The Hall–Kier alpha value is -0.580. The van der Waals surface area contributed by atoms with E-state index in [1.807, 2.05) is 0 Å². The number of amides is 1. The highest BCUT2D eigenvalue weighted by Gasteiger charge is 2.24. The molecule has 1 aromatic rings. The molecular formula is C12H13BrClNO2. The topological polar surface area (TPSA) is 40.5 Å². The maximum Gasteiger partial charge on any atom is 0.255 e. The molecule has 0 aliphatic carbocycles. The summed E-state index contributed by atoms with van der Waals surface area (Å²) in [4.78, 5) is 13.9. The predicted molar refractivity (Wildman–Crippen MR) is 70.3 cm³/mol. The number of piperidine rings is 1. The fraction of sp³-hybridized carbons (Fsp3) is 0.417. The first-order valence-corrected chi connectivity index (χ1v) is 6.67. The molecule has 1 fully saturated rings. The molecule has 0 spiro atoms. The maximum absolute atomic E-state index is 12.2. The Labute approximate surface area is 114 Å². The van der Waals surface area contributed by atoms with Gasteiger partial charge < -0.3 is 10.0 Å². The summed E-state index contributed by atoms with van der Waals surface area (Å²) in [6.45, 7) is 1.11. The first-order valence-electron chi connectivity index (χ1n) is 5.50. The summed E-state index contributed by atoms with van der Waals surface area (Å²) < 4.78 is 0.690. The summed E-state index contributed by atoms with van der Waals surface area (Å²) in [5, 5.41) is 10.2. The van der Waals surface area contributed by atoms with E-state index in [1.54, 1.807) is 23.1 Å². The van der Waals surface area contributed by atoms with E-state index in [-0.39, 0.29) is 5.91 Å². The molecule has 0 aromatic heterocycles. The van der Waals surface area contributed by atoms with Crippen molar-refractivity contribution in [1.82, 2.24) is 4.90 Å². The van der Waals surface area contributed by atoms with E-state index in [0.717, 1.165) is 12.8 Å². The van der Waals surface area contributed by atoms with Gasteiger partial charge in [0.25, 0.3) is 5.91 Å². The van der Waals surface area contributed by atoms with E-state index in [1.165, 1.54) is 0 Å². The third-order valence-corrected chi connectivity index (χ3v) is 3.74. The molecule has 0 radical (unpaired) electrons. The number of likely N-dealkylation sites (tertiary alicyclic amines) is 1. The third kappa shape index (κ3) is 3.00. The number of β-amino-alcohol motifs (C(OH)–C–C–N with tert-alkyl or cyclic N) is 1. The molecule has 1 heterocycles. The fourth-order valence-electron chi connectivity index (χ4n) is 1.97. The number of hydrogen-bond acceptors (Lipinski definition) is 2. The second kappa shape index (κ2) is 5.38. The largest absolute Gasteiger partial charge is 0.391 e. The van der Waals surface area contributed by atoms with Crippen molar-refractivity contribution in [1.29, 1.82) is 0 Å². The van der Waals surface area contributed by atoms with Gasteiger partial charge in [-0.05, 0) is 47.0 Å². The molecule has 1 aliphatic rings. The monoisotopic (exact) mass is 317 g/mol. The minimum atomic E-state index is -0.404. The molecule has 0 saturated carbocycles. The van der Waals surface area contributed by atoms with Crippen molar-refractivity contribution in [2.45, 2.75) is 18.9 Å². The average Bonchev–Trinajstić information content (AvgIpc) is 2.28. The van der Waals surface area contributed by atoms with Crippen molar-refractivity contribution in [2.75, 3.05) is 13.1 Å². The first kappa shape index (κ1) is 12.9. The quantitative estimate of drug-likeness (QED) is 0.865. The molecule has 2 rings (SSSR count). The van der Waals surface area contributed by atoms with Crippen LogP contribution in [0.25, 0.3) is 0 Å². The highest BCUT2D eigenvalue weighted by Crippen LogP contribution is 2.24. The molecule has 1 aromatic carbocycles. The van der Waals surface area contributed by atoms with Crippen LogP contribution in [-0.4, -0.2) is 35.1 Å². The molecule has 3 nitrogen and oxygen atoms in total. The summed E-state index contributed by atoms with van der Waals surface area (Å²) in [6, 6.07) is 5.10. The van der Waals surface area contributed by atoms with Crippen LogP contribution in [0.2, 0.25) is 5.02 Å². The van der Waals surface area contributed by atoms with Crippen molar-refractivity contribution in [3.8, 4) is 0 Å². The van der Waals surface area contributed by atoms with Crippen LogP contribution in [0.1, 0.15) is 23.2 Å². The second-order valence-corrected chi connectivity index (χ2v) is 5.46. The molecule has 1 saturated heterocycles. The van der Waals surface area contributed by atoms with Gasteiger partial charge in [0.2, 0.25) is 0 Å². The Morgan fingerprint density at radius 3 is 2.94 bits per heavy atom. The zero-order chi connectivity index (χ0) is 12.4. The zero-order valence-electron chi connectivity index (χ0n) is 9.20. The number of halogens is 2. The number of benzene rings is 1. The van der Waals surface area contributed by atoms with Crippen molar-refractivity contribution < 1.29 is 9.90 Å². The minimum Gasteiger partial charge on any atom is -0.391 e. The van der Waals surface area contributed by atoms with Gasteiger partial charge in [-0.15, -0.1) is 0 Å². The van der Waals surface area contributed by atoms with E-state index in [4.69, 9.17) is 11.6 Å². The Morgan fingerprint density at radius 2 is 2.29 bits per heavy atom. The summed E-state index contributed by atoms with van der Waals surface area (Å²) >= 11 is 9.17. The van der Waals surface area contributed by atoms with Gasteiger partial charge >= 0.3 is 0 Å². The van der Waals surface area contributed by atoms with Crippen LogP contribution in [0.4, 0.5) is 0 Å². The van der Waals surface area contributed by atoms with Crippen molar-refractivity contribution in [3.63, 3.8) is 0 Å². The molecule has 17 heavy (non-hydrogen) atoms. The van der Waals surface area contributed by atoms with Crippen LogP contribution < -0.4 is 0 Å². The van der Waals surface area contributed by atoms with Gasteiger partial charge in [-0.1, -0.05) is 11.6 Å². The molecular weight excluding hydrogens is 305 g/mol. The summed E-state index contributed by atoms with van der Waals surface area (Å²) in [5.41, 5.74) is 0.587. The smallest absolute Gasteiger partial charge is 0.255 e. The third-order valence-electron chi connectivity index (χ3n) is 2.85. The lowest BCUT2D eigenvalue weighted by atomic mass is 10.1. The summed E-state index contributed by atoms with van der Waals surface area (Å²) in [6.07, 6.45) is 1.21. The Balaban J connectivity index is 2.18. The van der Waals surface area contributed by atoms with Gasteiger partial charge in [0, 0.05) is 22.6 Å². The van der Waals surface area contributed by atoms with E-state index >= 15 is 0 Å². The van der Waals surface area contributed by atoms with E-state index in [0.29, 0.717) is 28.1 Å². The number of aliphatic hydroxyl groups excluding tert-OH is 1. The predicted octanol–water partition coefficient (Wildman–Crippen LogP) is 2.70. The zero-order valence-corrected chi connectivity index (χ0v) is 11.5. The lowest BCUT2D eigenvalue weighted by Gasteiger charge is -2.30. The number of carbonyl (C=O) groups is 1. The Kier molecular flexibility index (Phi) is 4.07. The van der Waals surface area contributed by atoms with Gasteiger partial charge in [-0.3, -0.25) is 4.79 Å².